The molecule has 0 unspecified atom stereocenters. The number of ether oxygens (including phenoxy) is 1. The number of rotatable bonds is 4. The molecule has 0 amide bonds. The van der Waals surface area contributed by atoms with E-state index in [1.165, 1.54) is 0 Å². The molecule has 3 aromatic rings. The summed E-state index contributed by atoms with van der Waals surface area (Å²) in [6, 6.07) is 16.5. The van der Waals surface area contributed by atoms with Crippen LogP contribution in [0.4, 0.5) is 5.82 Å². The first-order valence-corrected chi connectivity index (χ1v) is 8.69. The Balaban J connectivity index is 2.18. The first kappa shape index (κ1) is 18.1. The smallest absolute Gasteiger partial charge is 0.142 e. The van der Waals surface area contributed by atoms with E-state index in [1.807, 2.05) is 31.2 Å². The number of anilines is 1. The van der Waals surface area contributed by atoms with Crippen molar-refractivity contribution in [3.05, 3.63) is 64.1 Å². The standard InChI is InChI=1S/C20H15Cl2N3O/c1-2-26-13-8-6-12(7-9-13)18-10-14(15(11-23)20(24)25-18)19-16(21)4-3-5-17(19)22/h3-10H,2H2,1H3,(H2,24,25). The first-order valence-electron chi connectivity index (χ1n) is 7.93. The van der Waals surface area contributed by atoms with E-state index in [9.17, 15) is 5.26 Å². The van der Waals surface area contributed by atoms with Gasteiger partial charge < -0.3 is 10.5 Å². The summed E-state index contributed by atoms with van der Waals surface area (Å²) in [5.41, 5.74) is 8.87. The number of hydrogen-bond acceptors (Lipinski definition) is 4. The quantitative estimate of drug-likeness (QED) is 0.638. The highest BCUT2D eigenvalue weighted by molar-refractivity contribution is 6.39. The zero-order valence-electron chi connectivity index (χ0n) is 14.0. The van der Waals surface area contributed by atoms with Crippen LogP contribution in [0.25, 0.3) is 22.4 Å². The van der Waals surface area contributed by atoms with Crippen LogP contribution in [0.15, 0.2) is 48.5 Å². The Morgan fingerprint density at radius 3 is 2.35 bits per heavy atom. The summed E-state index contributed by atoms with van der Waals surface area (Å²) < 4.78 is 5.46. The average molecular weight is 384 g/mol. The lowest BCUT2D eigenvalue weighted by Crippen LogP contribution is -2.00. The van der Waals surface area contributed by atoms with Gasteiger partial charge in [0.05, 0.1) is 12.3 Å². The van der Waals surface area contributed by atoms with Crippen molar-refractivity contribution < 1.29 is 4.74 Å². The lowest BCUT2D eigenvalue weighted by atomic mass is 9.98. The molecule has 0 radical (unpaired) electrons. The zero-order chi connectivity index (χ0) is 18.7. The molecule has 130 valence electrons. The maximum absolute atomic E-state index is 9.53. The van der Waals surface area contributed by atoms with E-state index in [0.29, 0.717) is 33.5 Å². The number of aromatic nitrogens is 1. The molecule has 0 atom stereocenters. The minimum Gasteiger partial charge on any atom is -0.494 e. The molecule has 0 saturated carbocycles. The van der Waals surface area contributed by atoms with Crippen LogP contribution in [0, 0.1) is 11.3 Å². The highest BCUT2D eigenvalue weighted by atomic mass is 35.5. The van der Waals surface area contributed by atoms with Gasteiger partial charge in [-0.3, -0.25) is 0 Å². The Morgan fingerprint density at radius 1 is 1.12 bits per heavy atom. The van der Waals surface area contributed by atoms with Gasteiger partial charge in [-0.15, -0.1) is 0 Å². The number of nitriles is 1. The molecule has 1 heterocycles. The van der Waals surface area contributed by atoms with Gasteiger partial charge in [0.15, 0.2) is 0 Å². The number of halogens is 2. The molecule has 0 fully saturated rings. The van der Waals surface area contributed by atoms with Crippen molar-refractivity contribution in [1.29, 1.82) is 5.26 Å². The molecule has 6 heteroatoms. The second-order valence-corrected chi connectivity index (χ2v) is 6.30. The maximum atomic E-state index is 9.53. The van der Waals surface area contributed by atoms with Crippen LogP contribution in [0.5, 0.6) is 5.75 Å². The predicted molar refractivity (Wildman–Crippen MR) is 105 cm³/mol. The van der Waals surface area contributed by atoms with Crippen molar-refractivity contribution in [2.24, 2.45) is 0 Å². The molecule has 0 aliphatic carbocycles. The van der Waals surface area contributed by atoms with E-state index in [0.717, 1.165) is 11.3 Å². The summed E-state index contributed by atoms with van der Waals surface area (Å²) in [6.07, 6.45) is 0. The first-order chi connectivity index (χ1) is 12.5. The molecule has 0 saturated heterocycles. The highest BCUT2D eigenvalue weighted by Gasteiger charge is 2.17. The molecular formula is C20H15Cl2N3O. The Morgan fingerprint density at radius 2 is 1.77 bits per heavy atom. The van der Waals surface area contributed by atoms with Gasteiger partial charge in [-0.25, -0.2) is 4.98 Å². The molecule has 0 bridgehead atoms. The van der Waals surface area contributed by atoms with Gasteiger partial charge in [0.2, 0.25) is 0 Å². The van der Waals surface area contributed by atoms with Gasteiger partial charge in [-0.1, -0.05) is 29.3 Å². The lowest BCUT2D eigenvalue weighted by Gasteiger charge is -2.13. The second-order valence-electron chi connectivity index (χ2n) is 5.48. The molecule has 1 aromatic heterocycles. The molecule has 26 heavy (non-hydrogen) atoms. The topological polar surface area (TPSA) is 71.9 Å². The average Bonchev–Trinajstić information content (AvgIpc) is 2.62. The molecule has 2 aromatic carbocycles. The van der Waals surface area contributed by atoms with Crippen LogP contribution >= 0.6 is 23.2 Å². The van der Waals surface area contributed by atoms with Crippen molar-refractivity contribution in [3.8, 4) is 34.2 Å². The molecule has 4 nitrogen and oxygen atoms in total. The van der Waals surface area contributed by atoms with Crippen LogP contribution in [-0.2, 0) is 0 Å². The Labute approximate surface area is 161 Å². The molecular weight excluding hydrogens is 369 g/mol. The van der Waals surface area contributed by atoms with E-state index in [4.69, 9.17) is 33.7 Å². The molecule has 0 aliphatic heterocycles. The lowest BCUT2D eigenvalue weighted by molar-refractivity contribution is 0.340. The largest absolute Gasteiger partial charge is 0.494 e. The Bertz CT molecular complexity index is 975. The van der Waals surface area contributed by atoms with E-state index >= 15 is 0 Å². The Kier molecular flexibility index (Phi) is 5.32. The van der Waals surface area contributed by atoms with Gasteiger partial charge in [0, 0.05) is 26.7 Å². The number of benzene rings is 2. The fraction of sp³-hybridized carbons (Fsp3) is 0.100. The third-order valence-corrected chi connectivity index (χ3v) is 4.48. The highest BCUT2D eigenvalue weighted by Crippen LogP contribution is 2.39. The van der Waals surface area contributed by atoms with Gasteiger partial charge in [-0.2, -0.15) is 5.26 Å². The molecule has 0 spiro atoms. The van der Waals surface area contributed by atoms with Crippen LogP contribution in [0.1, 0.15) is 12.5 Å². The minimum atomic E-state index is 0.130. The van der Waals surface area contributed by atoms with Crippen LogP contribution in [0.3, 0.4) is 0 Å². The predicted octanol–water partition coefficient (Wildman–Crippen LogP) is 5.57. The van der Waals surface area contributed by atoms with Gasteiger partial charge in [-0.05, 0) is 49.4 Å². The van der Waals surface area contributed by atoms with E-state index in [2.05, 4.69) is 11.1 Å². The van der Waals surface area contributed by atoms with Crippen LogP contribution in [0.2, 0.25) is 10.0 Å². The van der Waals surface area contributed by atoms with Crippen molar-refractivity contribution in [2.75, 3.05) is 12.3 Å². The summed E-state index contributed by atoms with van der Waals surface area (Å²) >= 11 is 12.7. The third-order valence-electron chi connectivity index (χ3n) is 3.85. The molecule has 3 rings (SSSR count). The SMILES string of the molecule is CCOc1ccc(-c2cc(-c3c(Cl)cccc3Cl)c(C#N)c(N)n2)cc1. The number of hydrogen-bond donors (Lipinski definition) is 1. The number of nitrogens with two attached hydrogens (primary N) is 1. The van der Waals surface area contributed by atoms with Crippen molar-refractivity contribution in [1.82, 2.24) is 4.98 Å². The summed E-state index contributed by atoms with van der Waals surface area (Å²) in [6.45, 7) is 2.52. The summed E-state index contributed by atoms with van der Waals surface area (Å²) in [5, 5.41) is 10.4. The summed E-state index contributed by atoms with van der Waals surface area (Å²) in [5.74, 6) is 0.900. The fourth-order valence-corrected chi connectivity index (χ4v) is 3.27. The third kappa shape index (κ3) is 3.45. The van der Waals surface area contributed by atoms with E-state index < -0.39 is 0 Å². The molecule has 2 N–H and O–H groups in total. The van der Waals surface area contributed by atoms with Crippen molar-refractivity contribution in [3.63, 3.8) is 0 Å². The minimum absolute atomic E-state index is 0.130. The zero-order valence-corrected chi connectivity index (χ0v) is 15.5. The van der Waals surface area contributed by atoms with Crippen LogP contribution in [-0.4, -0.2) is 11.6 Å². The molecule has 0 aliphatic rings. The van der Waals surface area contributed by atoms with Crippen LogP contribution < -0.4 is 10.5 Å². The monoisotopic (exact) mass is 383 g/mol. The summed E-state index contributed by atoms with van der Waals surface area (Å²) in [4.78, 5) is 4.36. The summed E-state index contributed by atoms with van der Waals surface area (Å²) in [7, 11) is 0. The number of pyridine rings is 1. The van der Waals surface area contributed by atoms with Gasteiger partial charge in [0.1, 0.15) is 23.2 Å². The number of nitrogen functional groups attached to an aromatic ring is 1. The fourth-order valence-electron chi connectivity index (χ4n) is 2.67. The number of nitrogens with zero attached hydrogens (tertiary/aromatic N) is 2. The second kappa shape index (κ2) is 7.65. The Hall–Kier alpha value is -2.74. The van der Waals surface area contributed by atoms with Crippen molar-refractivity contribution >= 4 is 29.0 Å². The van der Waals surface area contributed by atoms with Gasteiger partial charge in [0.25, 0.3) is 0 Å². The van der Waals surface area contributed by atoms with Crippen molar-refractivity contribution in [2.45, 2.75) is 6.92 Å². The van der Waals surface area contributed by atoms with E-state index in [1.54, 1.807) is 24.3 Å². The normalized spacial score (nSPS) is 10.4. The van der Waals surface area contributed by atoms with Gasteiger partial charge >= 0.3 is 0 Å². The maximum Gasteiger partial charge on any atom is 0.142 e. The van der Waals surface area contributed by atoms with E-state index in [-0.39, 0.29) is 11.4 Å².